The fourth-order valence-corrected chi connectivity index (χ4v) is 1.97. The van der Waals surface area contributed by atoms with Gasteiger partial charge in [0.2, 0.25) is 5.91 Å². The van der Waals surface area contributed by atoms with E-state index in [1.807, 2.05) is 6.92 Å². The minimum atomic E-state index is -0.730. The van der Waals surface area contributed by atoms with Gasteiger partial charge in [0.25, 0.3) is 0 Å². The highest BCUT2D eigenvalue weighted by Crippen LogP contribution is 2.37. The second-order valence-corrected chi connectivity index (χ2v) is 5.13. The molecule has 0 saturated heterocycles. The lowest BCUT2D eigenvalue weighted by molar-refractivity contribution is -0.153. The standard InChI is InChI=1S/C12H23NO4/c1-6-12(4,9(15)13-8-14)7-11(2,3)10(16)17-5/h14H,6-8H2,1-5H3,(H,13,15). The van der Waals surface area contributed by atoms with E-state index in [0.717, 1.165) is 0 Å². The number of rotatable bonds is 6. The van der Waals surface area contributed by atoms with Gasteiger partial charge >= 0.3 is 5.97 Å². The number of nitrogens with one attached hydrogen (secondary N) is 1. The van der Waals surface area contributed by atoms with Gasteiger partial charge in [-0.2, -0.15) is 0 Å². The molecule has 2 N–H and O–H groups in total. The summed E-state index contributed by atoms with van der Waals surface area (Å²) in [7, 11) is 1.33. The van der Waals surface area contributed by atoms with Crippen molar-refractivity contribution in [2.75, 3.05) is 13.8 Å². The van der Waals surface area contributed by atoms with Gasteiger partial charge in [0, 0.05) is 5.41 Å². The third kappa shape index (κ3) is 4.00. The number of carbonyl (C=O) groups excluding carboxylic acids is 2. The van der Waals surface area contributed by atoms with Gasteiger partial charge in [0.15, 0.2) is 0 Å². The lowest BCUT2D eigenvalue weighted by Crippen LogP contribution is -2.43. The zero-order valence-corrected chi connectivity index (χ0v) is 11.3. The molecule has 1 atom stereocenters. The number of esters is 1. The average molecular weight is 245 g/mol. The van der Waals surface area contributed by atoms with Crippen molar-refractivity contribution in [3.63, 3.8) is 0 Å². The first-order valence-electron chi connectivity index (χ1n) is 5.71. The first kappa shape index (κ1) is 15.9. The van der Waals surface area contributed by atoms with E-state index >= 15 is 0 Å². The number of methoxy groups -OCH3 is 1. The molecule has 0 radical (unpaired) electrons. The molecule has 0 aliphatic carbocycles. The summed E-state index contributed by atoms with van der Waals surface area (Å²) < 4.78 is 4.73. The lowest BCUT2D eigenvalue weighted by atomic mass is 9.72. The Kier molecular flexibility index (Phi) is 5.61. The van der Waals surface area contributed by atoms with Crippen LogP contribution in [0.2, 0.25) is 0 Å². The van der Waals surface area contributed by atoms with Crippen LogP contribution in [0.4, 0.5) is 0 Å². The Hall–Kier alpha value is -1.10. The van der Waals surface area contributed by atoms with Gasteiger partial charge in [0.05, 0.1) is 12.5 Å². The molecule has 0 aliphatic heterocycles. The maximum atomic E-state index is 11.9. The van der Waals surface area contributed by atoms with Crippen LogP contribution in [0.5, 0.6) is 0 Å². The zero-order chi connectivity index (χ0) is 13.7. The number of aliphatic hydroxyl groups is 1. The maximum absolute atomic E-state index is 11.9. The minimum absolute atomic E-state index is 0.250. The third-order valence-electron chi connectivity index (χ3n) is 3.14. The number of hydrogen-bond donors (Lipinski definition) is 2. The van der Waals surface area contributed by atoms with Gasteiger partial charge in [-0.25, -0.2) is 0 Å². The van der Waals surface area contributed by atoms with E-state index in [0.29, 0.717) is 12.8 Å². The summed E-state index contributed by atoms with van der Waals surface area (Å²) in [6, 6.07) is 0. The fraction of sp³-hybridized carbons (Fsp3) is 0.833. The number of aliphatic hydroxyl groups excluding tert-OH is 1. The Bertz CT molecular complexity index is 288. The Balaban J connectivity index is 4.90. The van der Waals surface area contributed by atoms with Gasteiger partial charge in [-0.1, -0.05) is 13.8 Å². The summed E-state index contributed by atoms with van der Waals surface area (Å²) in [5, 5.41) is 11.1. The van der Waals surface area contributed by atoms with Gasteiger partial charge in [-0.15, -0.1) is 0 Å². The van der Waals surface area contributed by atoms with Gasteiger partial charge in [-0.3, -0.25) is 9.59 Å². The van der Waals surface area contributed by atoms with Crippen molar-refractivity contribution in [2.45, 2.75) is 40.5 Å². The number of ether oxygens (including phenoxy) is 1. The van der Waals surface area contributed by atoms with Crippen LogP contribution in [0.15, 0.2) is 0 Å². The van der Waals surface area contributed by atoms with Crippen LogP contribution in [-0.4, -0.2) is 30.8 Å². The molecule has 0 aliphatic rings. The molecule has 17 heavy (non-hydrogen) atoms. The molecule has 100 valence electrons. The normalized spacial score (nSPS) is 14.9. The van der Waals surface area contributed by atoms with E-state index in [9.17, 15) is 9.59 Å². The van der Waals surface area contributed by atoms with Crippen LogP contribution in [0.3, 0.4) is 0 Å². The van der Waals surface area contributed by atoms with Crippen molar-refractivity contribution in [1.29, 1.82) is 0 Å². The molecule has 5 nitrogen and oxygen atoms in total. The van der Waals surface area contributed by atoms with Crippen molar-refractivity contribution in [1.82, 2.24) is 5.32 Å². The molecule has 0 aromatic heterocycles. The summed E-state index contributed by atoms with van der Waals surface area (Å²) in [6.07, 6.45) is 0.953. The topological polar surface area (TPSA) is 75.6 Å². The largest absolute Gasteiger partial charge is 0.469 e. The smallest absolute Gasteiger partial charge is 0.311 e. The second kappa shape index (κ2) is 6.00. The monoisotopic (exact) mass is 245 g/mol. The van der Waals surface area contributed by atoms with E-state index in [-0.39, 0.29) is 11.9 Å². The molecule has 0 bridgehead atoms. The quantitative estimate of drug-likeness (QED) is 0.542. The van der Waals surface area contributed by atoms with Crippen LogP contribution < -0.4 is 5.32 Å². The number of amides is 1. The summed E-state index contributed by atoms with van der Waals surface area (Å²) in [4.78, 5) is 23.5. The third-order valence-corrected chi connectivity index (χ3v) is 3.14. The SMILES string of the molecule is CCC(C)(CC(C)(C)C(=O)OC)C(=O)NCO. The first-order chi connectivity index (χ1) is 7.73. The lowest BCUT2D eigenvalue weighted by Gasteiger charge is -2.33. The Morgan fingerprint density at radius 1 is 1.29 bits per heavy atom. The van der Waals surface area contributed by atoms with Crippen molar-refractivity contribution in [2.24, 2.45) is 10.8 Å². The van der Waals surface area contributed by atoms with Crippen molar-refractivity contribution in [3.8, 4) is 0 Å². The molecule has 0 aromatic rings. The van der Waals surface area contributed by atoms with Crippen LogP contribution in [0.1, 0.15) is 40.5 Å². The molecule has 0 spiro atoms. The van der Waals surface area contributed by atoms with E-state index in [1.165, 1.54) is 7.11 Å². The molecule has 5 heteroatoms. The zero-order valence-electron chi connectivity index (χ0n) is 11.3. The average Bonchev–Trinajstić information content (AvgIpc) is 2.27. The maximum Gasteiger partial charge on any atom is 0.311 e. The summed E-state index contributed by atoms with van der Waals surface area (Å²) >= 11 is 0. The second-order valence-electron chi connectivity index (χ2n) is 5.13. The Morgan fingerprint density at radius 2 is 1.82 bits per heavy atom. The number of hydrogen-bond acceptors (Lipinski definition) is 4. The molecule has 0 saturated carbocycles. The van der Waals surface area contributed by atoms with Crippen molar-refractivity contribution >= 4 is 11.9 Å². The predicted molar refractivity (Wildman–Crippen MR) is 64.0 cm³/mol. The molecule has 0 fully saturated rings. The molecular formula is C12H23NO4. The van der Waals surface area contributed by atoms with E-state index in [1.54, 1.807) is 20.8 Å². The minimum Gasteiger partial charge on any atom is -0.469 e. The van der Waals surface area contributed by atoms with E-state index < -0.39 is 17.6 Å². The van der Waals surface area contributed by atoms with Gasteiger partial charge < -0.3 is 15.2 Å². The summed E-state index contributed by atoms with van der Waals surface area (Å²) in [5.74, 6) is -0.589. The van der Waals surface area contributed by atoms with E-state index in [4.69, 9.17) is 9.84 Å². The molecule has 1 amide bonds. The highest BCUT2D eigenvalue weighted by molar-refractivity contribution is 5.84. The van der Waals surface area contributed by atoms with Crippen LogP contribution in [0, 0.1) is 10.8 Å². The highest BCUT2D eigenvalue weighted by Gasteiger charge is 2.41. The Morgan fingerprint density at radius 3 is 2.18 bits per heavy atom. The van der Waals surface area contributed by atoms with Gasteiger partial charge in [-0.05, 0) is 26.7 Å². The summed E-state index contributed by atoms with van der Waals surface area (Å²) in [6.45, 7) is 6.76. The Labute approximate surface area is 103 Å². The molecular weight excluding hydrogens is 222 g/mol. The number of carbonyl (C=O) groups is 2. The van der Waals surface area contributed by atoms with Crippen LogP contribution in [0.25, 0.3) is 0 Å². The molecule has 1 unspecified atom stereocenters. The van der Waals surface area contributed by atoms with Gasteiger partial charge in [0.1, 0.15) is 6.73 Å². The van der Waals surface area contributed by atoms with Crippen molar-refractivity contribution in [3.05, 3.63) is 0 Å². The van der Waals surface area contributed by atoms with E-state index in [2.05, 4.69) is 5.32 Å². The van der Waals surface area contributed by atoms with Crippen LogP contribution >= 0.6 is 0 Å². The van der Waals surface area contributed by atoms with Crippen LogP contribution in [-0.2, 0) is 14.3 Å². The first-order valence-corrected chi connectivity index (χ1v) is 5.71. The predicted octanol–water partition coefficient (Wildman–Crippen LogP) is 1.06. The van der Waals surface area contributed by atoms with Crippen molar-refractivity contribution < 1.29 is 19.4 Å². The fourth-order valence-electron chi connectivity index (χ4n) is 1.97. The molecule has 0 aromatic carbocycles. The molecule has 0 rings (SSSR count). The molecule has 0 heterocycles. The highest BCUT2D eigenvalue weighted by atomic mass is 16.5. The summed E-state index contributed by atoms with van der Waals surface area (Å²) in [5.41, 5.74) is -1.42.